The molecule has 0 saturated heterocycles. The zero-order valence-electron chi connectivity index (χ0n) is 22.3. The van der Waals surface area contributed by atoms with E-state index in [1.54, 1.807) is 13.0 Å². The van der Waals surface area contributed by atoms with E-state index in [9.17, 15) is 27.8 Å². The van der Waals surface area contributed by atoms with Gasteiger partial charge in [-0.25, -0.2) is 17.8 Å². The van der Waals surface area contributed by atoms with Crippen LogP contribution in [0.2, 0.25) is 0 Å². The first-order valence-corrected chi connectivity index (χ1v) is 14.4. The van der Waals surface area contributed by atoms with Crippen LogP contribution >= 0.6 is 0 Å². The highest BCUT2D eigenvalue weighted by Gasteiger charge is 2.36. The third-order valence-corrected chi connectivity index (χ3v) is 9.19. The topological polar surface area (TPSA) is 120 Å². The summed E-state index contributed by atoms with van der Waals surface area (Å²) >= 11 is 0. The van der Waals surface area contributed by atoms with Gasteiger partial charge in [0.25, 0.3) is 5.91 Å². The number of hydrogen-bond donors (Lipinski definition) is 2. The Morgan fingerprint density at radius 2 is 1.95 bits per heavy atom. The number of rotatable bonds is 6. The summed E-state index contributed by atoms with van der Waals surface area (Å²) in [7, 11) is -2.54. The average Bonchev–Trinajstić information content (AvgIpc) is 3.35. The third kappa shape index (κ3) is 6.41. The van der Waals surface area contributed by atoms with E-state index < -0.39 is 33.6 Å². The summed E-state index contributed by atoms with van der Waals surface area (Å²) in [6.07, 6.45) is 3.75. The van der Waals surface area contributed by atoms with Crippen molar-refractivity contribution in [1.29, 1.82) is 0 Å². The maximum Gasteiger partial charge on any atom is 0.259 e. The van der Waals surface area contributed by atoms with Gasteiger partial charge in [0.1, 0.15) is 23.1 Å². The Labute approximate surface area is 228 Å². The first kappa shape index (κ1) is 29.0. The molecule has 1 aliphatic carbocycles. The summed E-state index contributed by atoms with van der Waals surface area (Å²) in [6.45, 7) is 3.43. The van der Waals surface area contributed by atoms with Crippen LogP contribution in [0.1, 0.15) is 55.5 Å². The molecule has 4 rings (SSSR count). The summed E-state index contributed by atoms with van der Waals surface area (Å²) in [5.41, 5.74) is -0.478. The second kappa shape index (κ2) is 11.6. The van der Waals surface area contributed by atoms with Crippen molar-refractivity contribution >= 4 is 15.9 Å². The number of aromatic nitrogens is 1. The van der Waals surface area contributed by atoms with Crippen LogP contribution in [0.25, 0.3) is 0 Å². The maximum atomic E-state index is 13.6. The van der Waals surface area contributed by atoms with Gasteiger partial charge in [-0.1, -0.05) is 18.8 Å². The third-order valence-electron chi connectivity index (χ3n) is 7.35. The van der Waals surface area contributed by atoms with Gasteiger partial charge in [0, 0.05) is 31.3 Å². The molecule has 1 amide bonds. The molecule has 9 nitrogen and oxygen atoms in total. The van der Waals surface area contributed by atoms with E-state index in [0.29, 0.717) is 18.4 Å². The number of carbonyl (C=O) groups excluding carboxylic acids is 1. The number of pyridine rings is 1. The minimum absolute atomic E-state index is 0.0319. The van der Waals surface area contributed by atoms with Crippen molar-refractivity contribution in [3.05, 3.63) is 53.5 Å². The minimum atomic E-state index is -3.95. The first-order chi connectivity index (χ1) is 18.4. The molecule has 39 heavy (non-hydrogen) atoms. The zero-order valence-corrected chi connectivity index (χ0v) is 23.1. The fraction of sp³-hybridized carbons (Fsp3) is 0.500. The smallest absolute Gasteiger partial charge is 0.259 e. The Morgan fingerprint density at radius 1 is 1.28 bits per heavy atom. The molecule has 1 aromatic heterocycles. The zero-order chi connectivity index (χ0) is 28.4. The fourth-order valence-corrected chi connectivity index (χ4v) is 5.98. The first-order valence-electron chi connectivity index (χ1n) is 13.0. The molecule has 1 fully saturated rings. The van der Waals surface area contributed by atoms with E-state index in [1.165, 1.54) is 30.3 Å². The van der Waals surface area contributed by atoms with Crippen LogP contribution in [0.4, 0.5) is 4.39 Å². The van der Waals surface area contributed by atoms with E-state index in [-0.39, 0.29) is 47.9 Å². The lowest BCUT2D eigenvalue weighted by Gasteiger charge is -2.37. The molecule has 0 spiro atoms. The number of aliphatic hydroxyl groups excluding tert-OH is 1. The molecular formula is C28H34FN3O6S. The highest BCUT2D eigenvalue weighted by molar-refractivity contribution is 7.89. The van der Waals surface area contributed by atoms with E-state index in [4.69, 9.17) is 4.74 Å². The lowest BCUT2D eigenvalue weighted by atomic mass is 10.00. The van der Waals surface area contributed by atoms with Gasteiger partial charge in [0.05, 0.1) is 24.1 Å². The number of aliphatic hydroxyl groups is 2. The van der Waals surface area contributed by atoms with Crippen molar-refractivity contribution in [2.45, 2.75) is 62.2 Å². The number of amides is 1. The number of halogens is 1. The predicted octanol–water partition coefficient (Wildman–Crippen LogP) is 2.42. The SMILES string of the molecule is C[C@@H]1CN([C@@H](C)CO)C(=O)c2cc(C#CC3(O)CCCC3)cnc2O[C@@H]1CN(C)S(=O)(=O)c1ccc(F)cc1. The monoisotopic (exact) mass is 559 g/mol. The summed E-state index contributed by atoms with van der Waals surface area (Å²) < 4.78 is 46.9. The molecule has 0 radical (unpaired) electrons. The van der Waals surface area contributed by atoms with Crippen molar-refractivity contribution in [3.63, 3.8) is 0 Å². The van der Waals surface area contributed by atoms with E-state index in [2.05, 4.69) is 16.8 Å². The maximum absolute atomic E-state index is 13.6. The number of carbonyl (C=O) groups is 1. The summed E-state index contributed by atoms with van der Waals surface area (Å²) in [6, 6.07) is 5.62. The second-order valence-corrected chi connectivity index (χ2v) is 12.5. The quantitative estimate of drug-likeness (QED) is 0.522. The molecule has 2 aliphatic rings. The average molecular weight is 560 g/mol. The van der Waals surface area contributed by atoms with E-state index in [0.717, 1.165) is 29.3 Å². The van der Waals surface area contributed by atoms with Crippen LogP contribution in [-0.2, 0) is 10.0 Å². The Balaban J connectivity index is 1.66. The molecule has 2 heterocycles. The van der Waals surface area contributed by atoms with Crippen LogP contribution < -0.4 is 4.74 Å². The summed E-state index contributed by atoms with van der Waals surface area (Å²) in [4.78, 5) is 19.4. The van der Waals surface area contributed by atoms with Crippen molar-refractivity contribution in [1.82, 2.24) is 14.2 Å². The Kier molecular flexibility index (Phi) is 8.61. The van der Waals surface area contributed by atoms with Crippen LogP contribution in [0.3, 0.4) is 0 Å². The Hall–Kier alpha value is -3.04. The van der Waals surface area contributed by atoms with Gasteiger partial charge < -0.3 is 19.8 Å². The number of nitrogens with zero attached hydrogens (tertiary/aromatic N) is 3. The number of ether oxygens (including phenoxy) is 1. The van der Waals surface area contributed by atoms with Crippen molar-refractivity contribution in [3.8, 4) is 17.7 Å². The van der Waals surface area contributed by atoms with Crippen molar-refractivity contribution in [2.24, 2.45) is 5.92 Å². The molecule has 1 aromatic carbocycles. The van der Waals surface area contributed by atoms with Crippen LogP contribution in [0, 0.1) is 23.6 Å². The minimum Gasteiger partial charge on any atom is -0.472 e. The molecule has 2 N–H and O–H groups in total. The molecule has 210 valence electrons. The van der Waals surface area contributed by atoms with Gasteiger partial charge in [-0.05, 0) is 62.9 Å². The van der Waals surface area contributed by atoms with Gasteiger partial charge in [0.2, 0.25) is 15.9 Å². The molecule has 0 bridgehead atoms. The second-order valence-electron chi connectivity index (χ2n) is 10.4. The lowest BCUT2D eigenvalue weighted by Crippen LogP contribution is -2.50. The van der Waals surface area contributed by atoms with Gasteiger partial charge >= 0.3 is 0 Å². The number of hydrogen-bond acceptors (Lipinski definition) is 7. The van der Waals surface area contributed by atoms with Crippen LogP contribution in [0.15, 0.2) is 41.4 Å². The van der Waals surface area contributed by atoms with Gasteiger partial charge in [0.15, 0.2) is 0 Å². The predicted molar refractivity (Wildman–Crippen MR) is 142 cm³/mol. The van der Waals surface area contributed by atoms with Crippen LogP contribution in [0.5, 0.6) is 5.88 Å². The highest BCUT2D eigenvalue weighted by atomic mass is 32.2. The van der Waals surface area contributed by atoms with Gasteiger partial charge in [-0.2, -0.15) is 4.31 Å². The Bertz CT molecular complexity index is 1370. The van der Waals surface area contributed by atoms with Crippen molar-refractivity contribution < 1.29 is 32.6 Å². The molecular weight excluding hydrogens is 525 g/mol. The molecule has 1 aliphatic heterocycles. The largest absolute Gasteiger partial charge is 0.472 e. The molecule has 1 saturated carbocycles. The van der Waals surface area contributed by atoms with Gasteiger partial charge in [-0.15, -0.1) is 0 Å². The van der Waals surface area contributed by atoms with E-state index in [1.807, 2.05) is 6.92 Å². The number of fused-ring (bicyclic) bond motifs is 1. The van der Waals surface area contributed by atoms with Gasteiger partial charge in [-0.3, -0.25) is 4.79 Å². The molecule has 0 unspecified atom stereocenters. The standard InChI is InChI=1S/C28H34FN3O6S/c1-19-16-32(20(2)18-33)27(34)24-14-21(10-13-28(35)11-4-5-12-28)15-30-26(24)38-25(19)17-31(3)39(36,37)23-8-6-22(29)7-9-23/h6-9,14-15,19-20,25,33,35H,4-5,11-12,16-18H2,1-3H3/t19-,20+,25-/m1/s1. The van der Waals surface area contributed by atoms with E-state index >= 15 is 0 Å². The lowest BCUT2D eigenvalue weighted by molar-refractivity contribution is 0.0373. The van der Waals surface area contributed by atoms with Crippen LogP contribution in [-0.4, -0.2) is 83.2 Å². The molecule has 11 heteroatoms. The molecule has 3 atom stereocenters. The van der Waals surface area contributed by atoms with Crippen molar-refractivity contribution in [2.75, 3.05) is 26.7 Å². The number of benzene rings is 1. The normalized spacial score (nSPS) is 21.8. The summed E-state index contributed by atoms with van der Waals surface area (Å²) in [5, 5.41) is 20.4. The fourth-order valence-electron chi connectivity index (χ4n) is 4.80. The highest BCUT2D eigenvalue weighted by Crippen LogP contribution is 2.30. The Morgan fingerprint density at radius 3 is 2.59 bits per heavy atom. The summed E-state index contributed by atoms with van der Waals surface area (Å²) in [5.74, 6) is 4.61. The number of sulfonamides is 1. The molecule has 2 aromatic rings. The number of likely N-dealkylation sites (N-methyl/N-ethyl adjacent to an activating group) is 1.